The van der Waals surface area contributed by atoms with Crippen molar-refractivity contribution in [1.29, 1.82) is 0 Å². The Morgan fingerprint density at radius 3 is 0.873 bits per heavy atom. The lowest BCUT2D eigenvalue weighted by atomic mass is 9.72. The second kappa shape index (κ2) is 26.4. The first-order valence-corrected chi connectivity index (χ1v) is 35.2. The van der Waals surface area contributed by atoms with Crippen molar-refractivity contribution in [3.8, 4) is 77.9 Å². The van der Waals surface area contributed by atoms with Gasteiger partial charge in [0.1, 0.15) is 22.3 Å². The summed E-state index contributed by atoms with van der Waals surface area (Å²) >= 11 is 3.53. The number of furan rings is 2. The summed E-state index contributed by atoms with van der Waals surface area (Å²) in [6.07, 6.45) is 0. The Labute approximate surface area is 598 Å². The number of para-hydroxylation sites is 4. The third-order valence-electron chi connectivity index (χ3n) is 20.1. The smallest absolute Gasteiger partial charge is 0.455 e. The lowest BCUT2D eigenvalue weighted by Crippen LogP contribution is -2.31. The van der Waals surface area contributed by atoms with Crippen molar-refractivity contribution < 1.29 is 18.9 Å². The van der Waals surface area contributed by atoms with E-state index in [9.17, 15) is 10.0 Å². The predicted molar refractivity (Wildman–Crippen MR) is 434 cm³/mol. The third-order valence-corrected chi connectivity index (χ3v) is 20.6. The van der Waals surface area contributed by atoms with Gasteiger partial charge in [-0.15, -0.1) is 0 Å². The van der Waals surface area contributed by atoms with Crippen molar-refractivity contribution >= 4 is 137 Å². The first-order valence-electron chi connectivity index (χ1n) is 34.4. The van der Waals surface area contributed by atoms with Crippen LogP contribution in [-0.2, 0) is 0 Å². The number of fused-ring (bicyclic) bond motifs is 12. The highest BCUT2D eigenvalue weighted by Gasteiger charge is 2.24. The summed E-state index contributed by atoms with van der Waals surface area (Å²) in [5.41, 5.74) is 20.8. The van der Waals surface area contributed by atoms with Crippen LogP contribution in [0.25, 0.3) is 186 Å². The Balaban J connectivity index is 0.000000121. The monoisotopic (exact) mass is 1370 g/mol. The molecule has 2 N–H and O–H groups in total. The molecule has 6 heteroatoms. The van der Waals surface area contributed by atoms with Crippen molar-refractivity contribution in [2.24, 2.45) is 0 Å². The molecule has 0 spiro atoms. The van der Waals surface area contributed by atoms with Crippen LogP contribution in [0.1, 0.15) is 0 Å². The fourth-order valence-electron chi connectivity index (χ4n) is 15.6. The molecule has 20 rings (SSSR count). The second-order valence-electron chi connectivity index (χ2n) is 26.0. The number of halogens is 1. The van der Waals surface area contributed by atoms with E-state index in [4.69, 9.17) is 8.83 Å². The molecule has 0 aliphatic heterocycles. The van der Waals surface area contributed by atoms with Gasteiger partial charge in [0.25, 0.3) is 0 Å². The van der Waals surface area contributed by atoms with Crippen molar-refractivity contribution in [2.75, 3.05) is 0 Å². The van der Waals surface area contributed by atoms with Gasteiger partial charge in [-0.3, -0.25) is 0 Å². The molecule has 0 amide bonds. The maximum absolute atomic E-state index is 10.2. The van der Waals surface area contributed by atoms with Crippen molar-refractivity contribution in [2.45, 2.75) is 0 Å². The Morgan fingerprint density at radius 1 is 0.216 bits per heavy atom. The maximum atomic E-state index is 10.2. The SMILES string of the molecule is Brc1cccc(-c2cccc3c2oc2ccccc23)c1.OB(O)c1c2ccccc2c(-c2cccc(-c3cccc4ccccc34)c2)c2ccccc12.c1cc(-c2cccc3ccccc23)cc(-c2c3ccccc3c(-c3cccc(-c4cccc5c4oc4ccccc45)c3)c3ccccc23)c1. The van der Waals surface area contributed by atoms with Gasteiger partial charge in [0, 0.05) is 37.1 Å². The molecule has 480 valence electrons. The van der Waals surface area contributed by atoms with Gasteiger partial charge in [0.15, 0.2) is 0 Å². The minimum absolute atomic E-state index is 0.551. The van der Waals surface area contributed by atoms with E-state index >= 15 is 0 Å². The fraction of sp³-hybridized carbons (Fsp3) is 0. The molecular formula is C96H62BBrO4. The molecule has 0 unspecified atom stereocenters. The van der Waals surface area contributed by atoms with Gasteiger partial charge in [-0.2, -0.15) is 0 Å². The molecule has 4 nitrogen and oxygen atoms in total. The summed E-state index contributed by atoms with van der Waals surface area (Å²) in [6.45, 7) is 0. The quantitative estimate of drug-likeness (QED) is 0.118. The van der Waals surface area contributed by atoms with Gasteiger partial charge in [-0.1, -0.05) is 337 Å². The summed E-state index contributed by atoms with van der Waals surface area (Å²) in [5.74, 6) is 0. The third kappa shape index (κ3) is 11.1. The maximum Gasteiger partial charge on any atom is 0.489 e. The highest BCUT2D eigenvalue weighted by atomic mass is 79.9. The van der Waals surface area contributed by atoms with E-state index < -0.39 is 7.12 Å². The molecular weight excluding hydrogens is 1310 g/mol. The minimum atomic E-state index is -1.55. The molecule has 0 aliphatic rings. The van der Waals surface area contributed by atoms with Crippen LogP contribution in [0.2, 0.25) is 0 Å². The Bertz CT molecular complexity index is 6540. The molecule has 0 radical (unpaired) electrons. The topological polar surface area (TPSA) is 66.7 Å². The van der Waals surface area contributed by atoms with Crippen molar-refractivity contribution in [3.05, 3.63) is 368 Å². The first-order chi connectivity index (χ1) is 50.4. The lowest BCUT2D eigenvalue weighted by Gasteiger charge is -2.19. The summed E-state index contributed by atoms with van der Waals surface area (Å²) < 4.78 is 13.6. The summed E-state index contributed by atoms with van der Waals surface area (Å²) in [4.78, 5) is 0. The molecule has 0 bridgehead atoms. The van der Waals surface area contributed by atoms with Crippen LogP contribution >= 0.6 is 15.9 Å². The van der Waals surface area contributed by atoms with Crippen LogP contribution in [0.5, 0.6) is 0 Å². The highest BCUT2D eigenvalue weighted by molar-refractivity contribution is 9.10. The molecule has 0 aliphatic carbocycles. The highest BCUT2D eigenvalue weighted by Crippen LogP contribution is 2.47. The van der Waals surface area contributed by atoms with Gasteiger partial charge in [0.2, 0.25) is 0 Å². The van der Waals surface area contributed by atoms with E-state index in [0.29, 0.717) is 5.46 Å². The number of hydrogen-bond donors (Lipinski definition) is 2. The van der Waals surface area contributed by atoms with E-state index in [1.807, 2.05) is 78.9 Å². The lowest BCUT2D eigenvalue weighted by molar-refractivity contribution is 0.426. The number of benzene rings is 18. The van der Waals surface area contributed by atoms with Gasteiger partial charge in [-0.25, -0.2) is 0 Å². The van der Waals surface area contributed by atoms with Crippen molar-refractivity contribution in [1.82, 2.24) is 0 Å². The van der Waals surface area contributed by atoms with E-state index in [-0.39, 0.29) is 0 Å². The standard InChI is InChI=1S/C48H30O.C30H21BO2.C18H11BrO/c1-2-19-36-31(13-1)14-11-25-37(36)32-15-9-17-34(29-32)46-40-21-3-5-23-42(40)47(43-24-6-4-22-41(43)46)35-18-10-16-33(30-35)38-26-12-27-44-39-20-7-8-28-45(39)49-48(38)44;32-31(33)30-27-16-5-3-14-25(27)29(26-15-4-6-17-28(26)30)22-12-7-11-21(19-22)24-18-8-10-20-9-1-2-13-23(20)24;19-13-6-3-5-12(11-13)14-8-4-9-16-15-7-1-2-10-17(15)20-18(14)16/h1-30H;1-19,32-33H;1-11H. The molecule has 20 aromatic rings. The van der Waals surface area contributed by atoms with Crippen LogP contribution in [0, 0.1) is 0 Å². The van der Waals surface area contributed by atoms with E-state index in [1.165, 1.54) is 87.4 Å². The van der Waals surface area contributed by atoms with Crippen molar-refractivity contribution in [3.63, 3.8) is 0 Å². The largest absolute Gasteiger partial charge is 0.489 e. The van der Waals surface area contributed by atoms with Gasteiger partial charge in [-0.05, 0) is 179 Å². The molecule has 102 heavy (non-hydrogen) atoms. The van der Waals surface area contributed by atoms with Gasteiger partial charge in [0.05, 0.1) is 0 Å². The number of rotatable bonds is 8. The summed E-state index contributed by atoms with van der Waals surface area (Å²) in [7, 11) is -1.55. The molecule has 18 aromatic carbocycles. The average Bonchev–Trinajstić information content (AvgIpc) is 1.09. The zero-order chi connectivity index (χ0) is 68.2. The first kappa shape index (κ1) is 61.9. The minimum Gasteiger partial charge on any atom is -0.455 e. The number of hydrogen-bond acceptors (Lipinski definition) is 4. The molecule has 0 saturated heterocycles. The molecule has 2 aromatic heterocycles. The van der Waals surface area contributed by atoms with Crippen LogP contribution in [0.4, 0.5) is 0 Å². The van der Waals surface area contributed by atoms with Crippen LogP contribution in [-0.4, -0.2) is 17.2 Å². The normalized spacial score (nSPS) is 11.5. The average molecular weight is 1370 g/mol. The van der Waals surface area contributed by atoms with E-state index in [0.717, 1.165) is 103 Å². The van der Waals surface area contributed by atoms with Gasteiger partial charge < -0.3 is 18.9 Å². The summed E-state index contributed by atoms with van der Waals surface area (Å²) in [5, 5.41) is 38.8. The van der Waals surface area contributed by atoms with Crippen LogP contribution in [0.15, 0.2) is 377 Å². The molecule has 0 saturated carbocycles. The molecule has 2 heterocycles. The van der Waals surface area contributed by atoms with Gasteiger partial charge >= 0.3 is 7.12 Å². The van der Waals surface area contributed by atoms with Crippen LogP contribution in [0.3, 0.4) is 0 Å². The van der Waals surface area contributed by atoms with Crippen LogP contribution < -0.4 is 5.46 Å². The zero-order valence-electron chi connectivity index (χ0n) is 55.3. The zero-order valence-corrected chi connectivity index (χ0v) is 56.9. The predicted octanol–water partition coefficient (Wildman–Crippen LogP) is 25.9. The Hall–Kier alpha value is -12.4. The Morgan fingerprint density at radius 2 is 0.480 bits per heavy atom. The second-order valence-corrected chi connectivity index (χ2v) is 26.9. The Kier molecular flexibility index (Phi) is 16.0. The molecule has 0 atom stereocenters. The summed E-state index contributed by atoms with van der Waals surface area (Å²) in [6, 6.07) is 128. The fourth-order valence-corrected chi connectivity index (χ4v) is 16.0. The van der Waals surface area contributed by atoms with E-state index in [1.54, 1.807) is 0 Å². The molecule has 0 fully saturated rings. The van der Waals surface area contributed by atoms with E-state index in [2.05, 4.69) is 301 Å².